The fourth-order valence-electron chi connectivity index (χ4n) is 4.04. The molecule has 0 aromatic heterocycles. The molecule has 6 atom stereocenters. The predicted octanol–water partition coefficient (Wildman–Crippen LogP) is -3.45. The Labute approximate surface area is 260 Å². The Kier molecular flexibility index (Phi) is 16.0. The fourth-order valence-corrected chi connectivity index (χ4v) is 4.04. The van der Waals surface area contributed by atoms with E-state index in [0.29, 0.717) is 5.56 Å². The SMILES string of the molecule is CC(C)[C@H](NC(=O)[C@H](CC(N)=O)NC(=O)[C@H](CCCN=C(N)N)NC(=O)[C@H](Cc1ccccc1)NC(=O)[C@@H](N)[C@@H](C)O)C(=O)O. The first-order valence-electron chi connectivity index (χ1n) is 14.3. The number of guanidine groups is 1. The van der Waals surface area contributed by atoms with Gasteiger partial charge >= 0.3 is 5.97 Å². The van der Waals surface area contributed by atoms with Crippen LogP contribution in [0.15, 0.2) is 35.3 Å². The molecule has 1 aromatic carbocycles. The molecule has 250 valence electrons. The first-order valence-corrected chi connectivity index (χ1v) is 14.3. The van der Waals surface area contributed by atoms with E-state index in [2.05, 4.69) is 26.3 Å². The number of aliphatic hydroxyl groups excluding tert-OH is 1. The number of aliphatic carboxylic acids is 1. The van der Waals surface area contributed by atoms with Gasteiger partial charge in [-0.2, -0.15) is 0 Å². The van der Waals surface area contributed by atoms with Gasteiger partial charge in [0, 0.05) is 13.0 Å². The van der Waals surface area contributed by atoms with E-state index in [0.717, 1.165) is 0 Å². The van der Waals surface area contributed by atoms with Crippen LogP contribution in [-0.4, -0.2) is 94.5 Å². The molecule has 0 aliphatic rings. The number of carbonyl (C=O) groups excluding carboxylic acids is 5. The number of nitrogens with two attached hydrogens (primary N) is 4. The van der Waals surface area contributed by atoms with E-state index in [1.165, 1.54) is 6.92 Å². The zero-order valence-electron chi connectivity index (χ0n) is 25.6. The molecule has 14 N–H and O–H groups in total. The Bertz CT molecular complexity index is 1210. The van der Waals surface area contributed by atoms with E-state index in [9.17, 15) is 39.0 Å². The molecule has 17 nitrogen and oxygen atoms in total. The molecule has 45 heavy (non-hydrogen) atoms. The van der Waals surface area contributed by atoms with Crippen molar-refractivity contribution in [3.63, 3.8) is 0 Å². The van der Waals surface area contributed by atoms with Crippen molar-refractivity contribution in [2.24, 2.45) is 33.8 Å². The van der Waals surface area contributed by atoms with Crippen molar-refractivity contribution in [1.82, 2.24) is 21.3 Å². The number of carboxylic acids is 1. The maximum Gasteiger partial charge on any atom is 0.326 e. The molecule has 17 heteroatoms. The van der Waals surface area contributed by atoms with Gasteiger partial charge in [-0.05, 0) is 31.2 Å². The second-order valence-electron chi connectivity index (χ2n) is 10.8. The van der Waals surface area contributed by atoms with Gasteiger partial charge in [-0.3, -0.25) is 29.0 Å². The van der Waals surface area contributed by atoms with E-state index >= 15 is 0 Å². The molecule has 0 saturated heterocycles. The van der Waals surface area contributed by atoms with Gasteiger partial charge in [-0.25, -0.2) is 4.79 Å². The number of nitrogens with zero attached hydrogens (tertiary/aromatic N) is 1. The summed E-state index contributed by atoms with van der Waals surface area (Å²) in [6.45, 7) is 4.50. The Hall–Kier alpha value is -4.77. The third-order valence-corrected chi connectivity index (χ3v) is 6.59. The quantitative estimate of drug-likeness (QED) is 0.0405. The minimum absolute atomic E-state index is 0.00817. The minimum atomic E-state index is -1.57. The molecule has 1 rings (SSSR count). The largest absolute Gasteiger partial charge is 0.480 e. The highest BCUT2D eigenvalue weighted by atomic mass is 16.4. The molecule has 0 spiro atoms. The standard InChI is InChI=1S/C28H45N9O8/c1-14(2)22(27(44)45)37-25(42)19(13-20(29)39)35-23(40)17(10-7-11-33-28(31)32)34-24(41)18(12-16-8-5-4-6-9-16)36-26(43)21(30)15(3)38/h4-6,8-9,14-15,17-19,21-22,38H,7,10-13,30H2,1-3H3,(H2,29,39)(H,34,41)(H,35,40)(H,36,43)(H,37,42)(H,44,45)(H4,31,32,33)/t15-,17+,18+,19+,21+,22+/m1/s1. The molecule has 5 amide bonds. The molecular weight excluding hydrogens is 590 g/mol. The fraction of sp³-hybridized carbons (Fsp3) is 0.536. The Morgan fingerprint density at radius 1 is 0.800 bits per heavy atom. The molecule has 0 aliphatic carbocycles. The van der Waals surface area contributed by atoms with E-state index < -0.39 is 84.2 Å². The van der Waals surface area contributed by atoms with Crippen molar-refractivity contribution in [1.29, 1.82) is 0 Å². The number of hydrogen-bond acceptors (Lipinski definition) is 9. The Morgan fingerprint density at radius 2 is 1.33 bits per heavy atom. The maximum atomic E-state index is 13.5. The van der Waals surface area contributed by atoms with Crippen molar-refractivity contribution < 1.29 is 39.0 Å². The van der Waals surface area contributed by atoms with Gasteiger partial charge in [0.1, 0.15) is 30.2 Å². The molecule has 0 saturated carbocycles. The number of carbonyl (C=O) groups is 6. The van der Waals surface area contributed by atoms with Crippen LogP contribution in [0.3, 0.4) is 0 Å². The summed E-state index contributed by atoms with van der Waals surface area (Å²) < 4.78 is 0. The smallest absolute Gasteiger partial charge is 0.326 e. The molecule has 0 radical (unpaired) electrons. The lowest BCUT2D eigenvalue weighted by Crippen LogP contribution is -2.60. The van der Waals surface area contributed by atoms with E-state index in [4.69, 9.17) is 22.9 Å². The van der Waals surface area contributed by atoms with Crippen LogP contribution in [0.4, 0.5) is 0 Å². The molecule has 0 bridgehead atoms. The summed E-state index contributed by atoms with van der Waals surface area (Å²) in [6, 6.07) is 1.83. The highest BCUT2D eigenvalue weighted by Crippen LogP contribution is 2.08. The monoisotopic (exact) mass is 635 g/mol. The van der Waals surface area contributed by atoms with Gasteiger partial charge in [0.25, 0.3) is 0 Å². The third-order valence-electron chi connectivity index (χ3n) is 6.59. The van der Waals surface area contributed by atoms with Crippen LogP contribution in [-0.2, 0) is 35.2 Å². The summed E-state index contributed by atoms with van der Waals surface area (Å²) >= 11 is 0. The van der Waals surface area contributed by atoms with Crippen molar-refractivity contribution >= 4 is 41.5 Å². The number of amides is 5. The Morgan fingerprint density at radius 3 is 1.84 bits per heavy atom. The summed E-state index contributed by atoms with van der Waals surface area (Å²) in [5, 5.41) is 28.9. The first-order chi connectivity index (χ1) is 21.0. The minimum Gasteiger partial charge on any atom is -0.480 e. The van der Waals surface area contributed by atoms with Gasteiger partial charge in [-0.15, -0.1) is 0 Å². The summed E-state index contributed by atoms with van der Waals surface area (Å²) in [7, 11) is 0. The number of rotatable bonds is 19. The maximum absolute atomic E-state index is 13.5. The number of benzene rings is 1. The average molecular weight is 636 g/mol. The van der Waals surface area contributed by atoms with E-state index in [1.807, 2.05) is 0 Å². The molecule has 0 unspecified atom stereocenters. The number of nitrogens with one attached hydrogen (secondary N) is 4. The molecular formula is C28H45N9O8. The van der Waals surface area contributed by atoms with Crippen LogP contribution >= 0.6 is 0 Å². The van der Waals surface area contributed by atoms with Gasteiger partial charge < -0.3 is 54.4 Å². The van der Waals surface area contributed by atoms with Crippen LogP contribution in [0.2, 0.25) is 0 Å². The summed E-state index contributed by atoms with van der Waals surface area (Å²) in [6.07, 6.45) is -1.77. The van der Waals surface area contributed by atoms with Gasteiger partial charge in [-0.1, -0.05) is 44.2 Å². The topological polar surface area (TPSA) is 307 Å². The summed E-state index contributed by atoms with van der Waals surface area (Å²) in [4.78, 5) is 79.8. The highest BCUT2D eigenvalue weighted by Gasteiger charge is 2.33. The van der Waals surface area contributed by atoms with E-state index in [-0.39, 0.29) is 31.8 Å². The second-order valence-corrected chi connectivity index (χ2v) is 10.8. The zero-order valence-corrected chi connectivity index (χ0v) is 25.6. The van der Waals surface area contributed by atoms with Crippen molar-refractivity contribution in [3.05, 3.63) is 35.9 Å². The Balaban J connectivity index is 3.31. The lowest BCUT2D eigenvalue weighted by molar-refractivity contribution is -0.143. The van der Waals surface area contributed by atoms with Crippen LogP contribution in [0.5, 0.6) is 0 Å². The average Bonchev–Trinajstić information content (AvgIpc) is 2.95. The van der Waals surface area contributed by atoms with Crippen LogP contribution < -0.4 is 44.2 Å². The van der Waals surface area contributed by atoms with Crippen LogP contribution in [0.25, 0.3) is 0 Å². The van der Waals surface area contributed by atoms with Crippen molar-refractivity contribution in [3.8, 4) is 0 Å². The first kappa shape index (κ1) is 38.3. The molecule has 0 heterocycles. The number of hydrogen-bond donors (Lipinski definition) is 10. The van der Waals surface area contributed by atoms with Crippen LogP contribution in [0.1, 0.15) is 45.6 Å². The zero-order chi connectivity index (χ0) is 34.3. The normalized spacial score (nSPS) is 14.9. The molecule has 0 fully saturated rings. The number of carboxylic acid groups (broad SMARTS) is 1. The second kappa shape index (κ2) is 18.8. The predicted molar refractivity (Wildman–Crippen MR) is 164 cm³/mol. The molecule has 1 aromatic rings. The summed E-state index contributed by atoms with van der Waals surface area (Å²) in [5.41, 5.74) is 22.4. The van der Waals surface area contributed by atoms with Gasteiger partial charge in [0.15, 0.2) is 5.96 Å². The molecule has 0 aliphatic heterocycles. The number of aliphatic imine (C=N–C) groups is 1. The van der Waals surface area contributed by atoms with Gasteiger partial charge in [0.2, 0.25) is 29.5 Å². The lowest BCUT2D eigenvalue weighted by atomic mass is 10.0. The highest BCUT2D eigenvalue weighted by molar-refractivity contribution is 5.97. The van der Waals surface area contributed by atoms with Gasteiger partial charge in [0.05, 0.1) is 12.5 Å². The lowest BCUT2D eigenvalue weighted by Gasteiger charge is -2.27. The van der Waals surface area contributed by atoms with E-state index in [1.54, 1.807) is 44.2 Å². The number of primary amides is 1. The number of aliphatic hydroxyl groups is 1. The van der Waals surface area contributed by atoms with Crippen LogP contribution in [0, 0.1) is 5.92 Å². The van der Waals surface area contributed by atoms with Crippen molar-refractivity contribution in [2.45, 2.75) is 82.8 Å². The van der Waals surface area contributed by atoms with Crippen molar-refractivity contribution in [2.75, 3.05) is 6.54 Å². The third kappa shape index (κ3) is 14.0. The summed E-state index contributed by atoms with van der Waals surface area (Å²) in [5.74, 6) is -6.50.